The molecule has 3 rings (SSSR count). The number of nitrogens with one attached hydrogen (secondary N) is 1. The zero-order valence-corrected chi connectivity index (χ0v) is 14.8. The molecule has 0 saturated carbocycles. The van der Waals surface area contributed by atoms with Gasteiger partial charge in [0, 0.05) is 17.6 Å². The minimum absolute atomic E-state index is 0.0163. The van der Waals surface area contributed by atoms with E-state index in [0.717, 1.165) is 17.8 Å². The lowest BCUT2D eigenvalue weighted by Crippen LogP contribution is -2.19. The summed E-state index contributed by atoms with van der Waals surface area (Å²) in [4.78, 5) is 7.84. The number of aromatic nitrogens is 2. The van der Waals surface area contributed by atoms with Gasteiger partial charge < -0.3 is 4.74 Å². The standard InChI is InChI=1S/C17H14F3N3O3S/c1-11-7-12-3-2-4-14(16(12)22-8-11)27(24,25)23-13-5-6-15(21-9-13)26-10-17(18,19)20/h2-9,23H,10H2,1H3. The van der Waals surface area contributed by atoms with Crippen molar-refractivity contribution in [1.82, 2.24) is 9.97 Å². The number of sulfonamides is 1. The predicted molar refractivity (Wildman–Crippen MR) is 93.1 cm³/mol. The molecule has 0 bridgehead atoms. The minimum Gasteiger partial charge on any atom is -0.468 e. The van der Waals surface area contributed by atoms with Crippen LogP contribution >= 0.6 is 0 Å². The van der Waals surface area contributed by atoms with Crippen molar-refractivity contribution >= 4 is 26.6 Å². The number of hydrogen-bond donors (Lipinski definition) is 1. The van der Waals surface area contributed by atoms with Crippen LogP contribution in [0.15, 0.2) is 53.7 Å². The molecule has 3 aromatic rings. The molecule has 0 atom stereocenters. The summed E-state index contributed by atoms with van der Waals surface area (Å²) >= 11 is 0. The van der Waals surface area contributed by atoms with Gasteiger partial charge in [0.2, 0.25) is 5.88 Å². The SMILES string of the molecule is Cc1cnc2c(S(=O)(=O)Nc3ccc(OCC(F)(F)F)nc3)cccc2c1. The van der Waals surface area contributed by atoms with Crippen LogP contribution in [0.25, 0.3) is 10.9 Å². The van der Waals surface area contributed by atoms with E-state index >= 15 is 0 Å². The highest BCUT2D eigenvalue weighted by Crippen LogP contribution is 2.24. The smallest absolute Gasteiger partial charge is 0.422 e. The van der Waals surface area contributed by atoms with Crippen LogP contribution in [0.3, 0.4) is 0 Å². The Morgan fingerprint density at radius 1 is 1.11 bits per heavy atom. The average Bonchev–Trinajstić information content (AvgIpc) is 2.59. The van der Waals surface area contributed by atoms with E-state index in [2.05, 4.69) is 19.4 Å². The molecule has 1 aromatic carbocycles. The van der Waals surface area contributed by atoms with Crippen molar-refractivity contribution in [2.24, 2.45) is 0 Å². The van der Waals surface area contributed by atoms with E-state index in [1.165, 1.54) is 12.1 Å². The number of aryl methyl sites for hydroxylation is 1. The van der Waals surface area contributed by atoms with Crippen molar-refractivity contribution in [1.29, 1.82) is 0 Å². The van der Waals surface area contributed by atoms with Gasteiger partial charge >= 0.3 is 6.18 Å². The first-order valence-electron chi connectivity index (χ1n) is 7.68. The van der Waals surface area contributed by atoms with Gasteiger partial charge in [0.05, 0.1) is 17.4 Å². The van der Waals surface area contributed by atoms with Gasteiger partial charge in [-0.3, -0.25) is 9.71 Å². The number of para-hydroxylation sites is 1. The Bertz CT molecular complexity index is 1070. The van der Waals surface area contributed by atoms with E-state index in [1.54, 1.807) is 18.3 Å². The number of hydrogen-bond acceptors (Lipinski definition) is 5. The van der Waals surface area contributed by atoms with Crippen LogP contribution in [0.2, 0.25) is 0 Å². The van der Waals surface area contributed by atoms with Gasteiger partial charge in [-0.1, -0.05) is 12.1 Å². The van der Waals surface area contributed by atoms with E-state index in [0.29, 0.717) is 10.9 Å². The second kappa shape index (κ2) is 7.03. The Morgan fingerprint density at radius 3 is 2.56 bits per heavy atom. The van der Waals surface area contributed by atoms with Gasteiger partial charge in [0.25, 0.3) is 10.0 Å². The van der Waals surface area contributed by atoms with Crippen LogP contribution in [0.5, 0.6) is 5.88 Å². The molecule has 0 amide bonds. The zero-order chi connectivity index (χ0) is 19.7. The molecular formula is C17H14F3N3O3S. The first kappa shape index (κ1) is 18.9. The van der Waals surface area contributed by atoms with Crippen molar-refractivity contribution in [3.05, 3.63) is 54.4 Å². The maximum absolute atomic E-state index is 12.7. The molecule has 0 aliphatic heterocycles. The van der Waals surface area contributed by atoms with Crippen LogP contribution in [0.1, 0.15) is 5.56 Å². The topological polar surface area (TPSA) is 81.2 Å². The summed E-state index contributed by atoms with van der Waals surface area (Å²) in [6.07, 6.45) is -1.84. The number of fused-ring (bicyclic) bond motifs is 1. The largest absolute Gasteiger partial charge is 0.468 e. The highest BCUT2D eigenvalue weighted by atomic mass is 32.2. The quantitative estimate of drug-likeness (QED) is 0.710. The number of alkyl halides is 3. The van der Waals surface area contributed by atoms with Gasteiger partial charge in [-0.15, -0.1) is 0 Å². The molecule has 2 heterocycles. The minimum atomic E-state index is -4.48. The lowest BCUT2D eigenvalue weighted by molar-refractivity contribution is -0.154. The number of nitrogens with zero attached hydrogens (tertiary/aromatic N) is 2. The van der Waals surface area contributed by atoms with Crippen molar-refractivity contribution in [2.45, 2.75) is 18.0 Å². The number of ether oxygens (including phenoxy) is 1. The average molecular weight is 397 g/mol. The third-order valence-electron chi connectivity index (χ3n) is 3.47. The Morgan fingerprint density at radius 2 is 1.89 bits per heavy atom. The lowest BCUT2D eigenvalue weighted by atomic mass is 10.2. The fourth-order valence-electron chi connectivity index (χ4n) is 2.35. The fraction of sp³-hybridized carbons (Fsp3) is 0.176. The van der Waals surface area contributed by atoms with E-state index in [9.17, 15) is 21.6 Å². The number of rotatable bonds is 5. The van der Waals surface area contributed by atoms with Crippen LogP contribution in [0.4, 0.5) is 18.9 Å². The first-order chi connectivity index (χ1) is 12.6. The first-order valence-corrected chi connectivity index (χ1v) is 9.16. The summed E-state index contributed by atoms with van der Waals surface area (Å²) in [6, 6.07) is 9.00. The van der Waals surface area contributed by atoms with Gasteiger partial charge in [-0.25, -0.2) is 13.4 Å². The molecule has 0 aliphatic carbocycles. The predicted octanol–water partition coefficient (Wildman–Crippen LogP) is 3.68. The second-order valence-corrected chi connectivity index (χ2v) is 7.39. The van der Waals surface area contributed by atoms with E-state index in [-0.39, 0.29) is 16.5 Å². The molecule has 2 aromatic heterocycles. The van der Waals surface area contributed by atoms with Crippen molar-refractivity contribution in [3.63, 3.8) is 0 Å². The Balaban J connectivity index is 1.83. The summed E-state index contributed by atoms with van der Waals surface area (Å²) in [5, 5.41) is 0.673. The van der Waals surface area contributed by atoms with Crippen molar-refractivity contribution < 1.29 is 26.3 Å². The van der Waals surface area contributed by atoms with Crippen LogP contribution in [0, 0.1) is 6.92 Å². The Labute approximate surface area is 153 Å². The zero-order valence-electron chi connectivity index (χ0n) is 14.0. The molecular weight excluding hydrogens is 383 g/mol. The highest BCUT2D eigenvalue weighted by Gasteiger charge is 2.28. The third kappa shape index (κ3) is 4.64. The maximum Gasteiger partial charge on any atom is 0.422 e. The molecule has 10 heteroatoms. The number of halogens is 3. The fourth-order valence-corrected chi connectivity index (χ4v) is 3.58. The normalized spacial score (nSPS) is 12.1. The molecule has 0 radical (unpaired) electrons. The van der Waals surface area contributed by atoms with Gasteiger partial charge in [0.15, 0.2) is 6.61 Å². The van der Waals surface area contributed by atoms with Crippen molar-refractivity contribution in [2.75, 3.05) is 11.3 Å². The van der Waals surface area contributed by atoms with Gasteiger partial charge in [-0.05, 0) is 30.7 Å². The molecule has 0 fully saturated rings. The maximum atomic E-state index is 12.7. The highest BCUT2D eigenvalue weighted by molar-refractivity contribution is 7.93. The summed E-state index contributed by atoms with van der Waals surface area (Å²) in [6.45, 7) is 0.367. The monoisotopic (exact) mass is 397 g/mol. The molecule has 0 unspecified atom stereocenters. The van der Waals surface area contributed by atoms with Gasteiger partial charge in [-0.2, -0.15) is 13.2 Å². The van der Waals surface area contributed by atoms with Crippen LogP contribution in [-0.4, -0.2) is 31.2 Å². The molecule has 1 N–H and O–H groups in total. The molecule has 0 spiro atoms. The summed E-state index contributed by atoms with van der Waals surface area (Å²) < 4.78 is 68.6. The molecule has 6 nitrogen and oxygen atoms in total. The van der Waals surface area contributed by atoms with Crippen LogP contribution in [-0.2, 0) is 10.0 Å². The van der Waals surface area contributed by atoms with E-state index in [4.69, 9.17) is 0 Å². The Hall–Kier alpha value is -2.88. The van der Waals surface area contributed by atoms with Gasteiger partial charge in [0.1, 0.15) is 4.90 Å². The molecule has 27 heavy (non-hydrogen) atoms. The Kier molecular flexibility index (Phi) is 4.92. The van der Waals surface area contributed by atoms with Crippen LogP contribution < -0.4 is 9.46 Å². The number of benzene rings is 1. The van der Waals surface area contributed by atoms with E-state index in [1.807, 2.05) is 13.0 Å². The third-order valence-corrected chi connectivity index (χ3v) is 4.89. The molecule has 142 valence electrons. The molecule has 0 saturated heterocycles. The van der Waals surface area contributed by atoms with Crippen molar-refractivity contribution in [3.8, 4) is 5.88 Å². The van der Waals surface area contributed by atoms with E-state index < -0.39 is 22.8 Å². The lowest BCUT2D eigenvalue weighted by Gasteiger charge is -2.11. The summed E-state index contributed by atoms with van der Waals surface area (Å²) in [5.74, 6) is -0.266. The second-order valence-electron chi connectivity index (χ2n) is 5.73. The number of pyridine rings is 2. The number of anilines is 1. The summed E-state index contributed by atoms with van der Waals surface area (Å²) in [5.41, 5.74) is 1.29. The molecule has 0 aliphatic rings. The summed E-state index contributed by atoms with van der Waals surface area (Å²) in [7, 11) is -3.97.